The normalized spacial score (nSPS) is 15.1. The maximum atomic E-state index is 13.0. The molecule has 1 fully saturated rings. The van der Waals surface area contributed by atoms with Gasteiger partial charge >= 0.3 is 0 Å². The first-order valence-corrected chi connectivity index (χ1v) is 10.5. The van der Waals surface area contributed by atoms with Crippen LogP contribution in [-0.4, -0.2) is 54.5 Å². The summed E-state index contributed by atoms with van der Waals surface area (Å²) in [4.78, 5) is 21.9. The van der Waals surface area contributed by atoms with E-state index in [4.69, 9.17) is 4.74 Å². The predicted octanol–water partition coefficient (Wildman–Crippen LogP) is 2.44. The first-order chi connectivity index (χ1) is 15.1. The van der Waals surface area contributed by atoms with E-state index in [1.54, 1.807) is 23.0 Å². The van der Waals surface area contributed by atoms with E-state index in [1.807, 2.05) is 30.8 Å². The standard InChI is InChI=1S/C21H24N8O2/c1-13(2)31-21-17(25-20(30)16-11-24-28-9-3-6-23-19(16)28)10-14-12-29(27-18(14)26-21)15-4-7-22-8-5-15/h3,6,9-13,15,22H,4-5,7-8H2,1-2H3,(H,25,30). The molecular formula is C21H24N8O2. The zero-order chi connectivity index (χ0) is 21.4. The summed E-state index contributed by atoms with van der Waals surface area (Å²) in [7, 11) is 0. The van der Waals surface area contributed by atoms with Crippen LogP contribution >= 0.6 is 0 Å². The smallest absolute Gasteiger partial charge is 0.261 e. The first-order valence-electron chi connectivity index (χ1n) is 10.5. The summed E-state index contributed by atoms with van der Waals surface area (Å²) >= 11 is 0. The molecule has 1 amide bonds. The van der Waals surface area contributed by atoms with Crippen molar-refractivity contribution in [1.82, 2.24) is 34.7 Å². The zero-order valence-corrected chi connectivity index (χ0v) is 17.4. The van der Waals surface area contributed by atoms with Crippen LogP contribution in [0.25, 0.3) is 16.7 Å². The van der Waals surface area contributed by atoms with Crippen molar-refractivity contribution in [2.45, 2.75) is 38.8 Å². The Labute approximate surface area is 178 Å². The Morgan fingerprint density at radius 2 is 2.16 bits per heavy atom. The Hall–Kier alpha value is -3.53. The highest BCUT2D eigenvalue weighted by molar-refractivity contribution is 6.09. The van der Waals surface area contributed by atoms with Crippen molar-refractivity contribution in [3.8, 4) is 5.88 Å². The minimum absolute atomic E-state index is 0.106. The number of nitrogens with zero attached hydrogens (tertiary/aromatic N) is 6. The van der Waals surface area contributed by atoms with E-state index in [2.05, 4.69) is 30.8 Å². The van der Waals surface area contributed by atoms with Crippen LogP contribution in [0.1, 0.15) is 43.1 Å². The molecule has 1 saturated heterocycles. The lowest BCUT2D eigenvalue weighted by Crippen LogP contribution is -2.29. The molecule has 0 bridgehead atoms. The average Bonchev–Trinajstić information content (AvgIpc) is 3.38. The van der Waals surface area contributed by atoms with Crippen LogP contribution in [0.5, 0.6) is 5.88 Å². The molecule has 5 rings (SSSR count). The van der Waals surface area contributed by atoms with Gasteiger partial charge in [-0.3, -0.25) is 9.48 Å². The molecule has 5 heterocycles. The lowest BCUT2D eigenvalue weighted by molar-refractivity contribution is 0.102. The van der Waals surface area contributed by atoms with Crippen LogP contribution in [0, 0.1) is 0 Å². The Bertz CT molecular complexity index is 1240. The van der Waals surface area contributed by atoms with Gasteiger partial charge in [-0.25, -0.2) is 9.50 Å². The van der Waals surface area contributed by atoms with Crippen molar-refractivity contribution in [3.05, 3.63) is 42.5 Å². The van der Waals surface area contributed by atoms with Crippen LogP contribution in [0.2, 0.25) is 0 Å². The van der Waals surface area contributed by atoms with Crippen molar-refractivity contribution in [2.24, 2.45) is 0 Å². The van der Waals surface area contributed by atoms with Gasteiger partial charge in [-0.2, -0.15) is 15.2 Å². The number of rotatable bonds is 5. The molecule has 4 aromatic rings. The molecule has 1 aliphatic rings. The number of carbonyl (C=O) groups excluding carboxylic acids is 1. The number of hydrogen-bond acceptors (Lipinski definition) is 7. The van der Waals surface area contributed by atoms with Gasteiger partial charge in [-0.1, -0.05) is 0 Å². The molecule has 10 nitrogen and oxygen atoms in total. The minimum Gasteiger partial charge on any atom is -0.473 e. The molecule has 10 heteroatoms. The third kappa shape index (κ3) is 3.81. The van der Waals surface area contributed by atoms with Gasteiger partial charge in [0.2, 0.25) is 5.88 Å². The quantitative estimate of drug-likeness (QED) is 0.510. The van der Waals surface area contributed by atoms with Gasteiger partial charge < -0.3 is 15.4 Å². The number of fused-ring (bicyclic) bond motifs is 2. The van der Waals surface area contributed by atoms with E-state index in [1.165, 1.54) is 6.20 Å². The maximum Gasteiger partial charge on any atom is 0.261 e. The Kier molecular flexibility index (Phi) is 4.99. The van der Waals surface area contributed by atoms with Crippen LogP contribution in [0.4, 0.5) is 5.69 Å². The number of piperidine rings is 1. The number of ether oxygens (including phenoxy) is 1. The molecule has 0 aromatic carbocycles. The number of pyridine rings is 1. The molecule has 2 N–H and O–H groups in total. The van der Waals surface area contributed by atoms with Gasteiger partial charge in [0.15, 0.2) is 11.3 Å². The number of aromatic nitrogens is 6. The van der Waals surface area contributed by atoms with E-state index < -0.39 is 0 Å². The number of nitrogens with one attached hydrogen (secondary N) is 2. The number of carbonyl (C=O) groups is 1. The summed E-state index contributed by atoms with van der Waals surface area (Å²) in [5.41, 5.74) is 1.96. The zero-order valence-electron chi connectivity index (χ0n) is 17.4. The highest BCUT2D eigenvalue weighted by Crippen LogP contribution is 2.30. The molecular weight excluding hydrogens is 396 g/mol. The van der Waals surface area contributed by atoms with Crippen LogP contribution in [0.3, 0.4) is 0 Å². The SMILES string of the molecule is CC(C)Oc1nc2nn(C3CCNCC3)cc2cc1NC(=O)c1cnn2cccnc12. The summed E-state index contributed by atoms with van der Waals surface area (Å²) in [6.45, 7) is 5.79. The fourth-order valence-corrected chi connectivity index (χ4v) is 3.80. The average molecular weight is 420 g/mol. The van der Waals surface area contributed by atoms with Crippen LogP contribution in [0.15, 0.2) is 36.9 Å². The fourth-order valence-electron chi connectivity index (χ4n) is 3.80. The summed E-state index contributed by atoms with van der Waals surface area (Å²) in [6, 6.07) is 3.96. The van der Waals surface area contributed by atoms with Gasteiger partial charge in [0.1, 0.15) is 11.3 Å². The molecule has 1 aliphatic heterocycles. The third-order valence-electron chi connectivity index (χ3n) is 5.28. The largest absolute Gasteiger partial charge is 0.473 e. The lowest BCUT2D eigenvalue weighted by Gasteiger charge is -2.22. The number of amides is 1. The Morgan fingerprint density at radius 1 is 1.32 bits per heavy atom. The molecule has 4 aromatic heterocycles. The van der Waals surface area contributed by atoms with E-state index in [-0.39, 0.29) is 12.0 Å². The van der Waals surface area contributed by atoms with Gasteiger partial charge in [-0.15, -0.1) is 0 Å². The van der Waals surface area contributed by atoms with Gasteiger partial charge in [0, 0.05) is 24.0 Å². The minimum atomic E-state index is -0.325. The van der Waals surface area contributed by atoms with Gasteiger partial charge in [0.25, 0.3) is 5.91 Å². The van der Waals surface area contributed by atoms with Crippen molar-refractivity contribution in [1.29, 1.82) is 0 Å². The summed E-state index contributed by atoms with van der Waals surface area (Å²) in [6.07, 6.45) is 8.81. The Balaban J connectivity index is 1.50. The van der Waals surface area contributed by atoms with Gasteiger partial charge in [-0.05, 0) is 51.9 Å². The maximum absolute atomic E-state index is 13.0. The summed E-state index contributed by atoms with van der Waals surface area (Å²) in [5, 5.41) is 16.0. The Morgan fingerprint density at radius 3 is 2.97 bits per heavy atom. The molecule has 160 valence electrons. The molecule has 0 saturated carbocycles. The lowest BCUT2D eigenvalue weighted by atomic mass is 10.1. The predicted molar refractivity (Wildman–Crippen MR) is 115 cm³/mol. The van der Waals surface area contributed by atoms with E-state index in [0.29, 0.717) is 34.5 Å². The molecule has 0 aliphatic carbocycles. The van der Waals surface area contributed by atoms with E-state index in [0.717, 1.165) is 31.3 Å². The number of anilines is 1. The van der Waals surface area contributed by atoms with Crippen molar-refractivity contribution >= 4 is 28.3 Å². The molecule has 0 atom stereocenters. The highest BCUT2D eigenvalue weighted by Gasteiger charge is 2.21. The van der Waals surface area contributed by atoms with Crippen molar-refractivity contribution < 1.29 is 9.53 Å². The van der Waals surface area contributed by atoms with Crippen molar-refractivity contribution in [2.75, 3.05) is 18.4 Å². The van der Waals surface area contributed by atoms with Crippen LogP contribution < -0.4 is 15.4 Å². The van der Waals surface area contributed by atoms with Gasteiger partial charge in [0.05, 0.1) is 18.3 Å². The van der Waals surface area contributed by atoms with E-state index >= 15 is 0 Å². The monoisotopic (exact) mass is 420 g/mol. The summed E-state index contributed by atoms with van der Waals surface area (Å²) < 4.78 is 9.44. The fraction of sp³-hybridized carbons (Fsp3) is 0.381. The molecule has 0 unspecified atom stereocenters. The molecule has 0 spiro atoms. The highest BCUT2D eigenvalue weighted by atomic mass is 16.5. The molecule has 31 heavy (non-hydrogen) atoms. The van der Waals surface area contributed by atoms with Crippen LogP contribution in [-0.2, 0) is 0 Å². The second kappa shape index (κ2) is 7.95. The van der Waals surface area contributed by atoms with Crippen molar-refractivity contribution in [3.63, 3.8) is 0 Å². The molecule has 0 radical (unpaired) electrons. The van der Waals surface area contributed by atoms with E-state index in [9.17, 15) is 4.79 Å². The topological polar surface area (TPSA) is 111 Å². The second-order valence-electron chi connectivity index (χ2n) is 7.91. The summed E-state index contributed by atoms with van der Waals surface area (Å²) in [5.74, 6) is 0.0186. The number of hydrogen-bond donors (Lipinski definition) is 2. The first kappa shape index (κ1) is 19.4. The second-order valence-corrected chi connectivity index (χ2v) is 7.91. The third-order valence-corrected chi connectivity index (χ3v) is 5.28.